The van der Waals surface area contributed by atoms with Crippen molar-refractivity contribution in [2.24, 2.45) is 0 Å². The van der Waals surface area contributed by atoms with Gasteiger partial charge in [0.1, 0.15) is 5.82 Å². The van der Waals surface area contributed by atoms with Crippen LogP contribution in [0.15, 0.2) is 48.5 Å². The van der Waals surface area contributed by atoms with Crippen LogP contribution in [0.1, 0.15) is 31.0 Å². The number of benzene rings is 2. The van der Waals surface area contributed by atoms with E-state index in [1.807, 2.05) is 31.2 Å². The number of carbonyl (C=O) groups excluding carboxylic acids is 1. The van der Waals surface area contributed by atoms with E-state index in [0.29, 0.717) is 17.1 Å². The van der Waals surface area contributed by atoms with E-state index in [9.17, 15) is 9.18 Å². The van der Waals surface area contributed by atoms with Crippen molar-refractivity contribution in [1.82, 2.24) is 5.32 Å². The summed E-state index contributed by atoms with van der Waals surface area (Å²) in [4.78, 5) is 12.1. The van der Waals surface area contributed by atoms with Crippen LogP contribution in [-0.4, -0.2) is 19.6 Å². The van der Waals surface area contributed by atoms with Crippen molar-refractivity contribution in [1.29, 1.82) is 0 Å². The fraction of sp³-hybridized carbons (Fsp3) is 0.250. The number of halogens is 1. The van der Waals surface area contributed by atoms with E-state index in [2.05, 4.69) is 5.32 Å². The summed E-state index contributed by atoms with van der Waals surface area (Å²) in [5.74, 6) is 0.419. The molecule has 2 aromatic rings. The third kappa shape index (κ3) is 5.35. The molecule has 0 saturated heterocycles. The van der Waals surface area contributed by atoms with Crippen molar-refractivity contribution in [3.63, 3.8) is 0 Å². The molecule has 0 radical (unpaired) electrons. The molecule has 25 heavy (non-hydrogen) atoms. The highest BCUT2D eigenvalue weighted by molar-refractivity contribution is 5.78. The summed E-state index contributed by atoms with van der Waals surface area (Å²) >= 11 is 0. The Bertz CT molecular complexity index is 758. The summed E-state index contributed by atoms with van der Waals surface area (Å²) in [6, 6.07) is 11.3. The Morgan fingerprint density at radius 2 is 2.04 bits per heavy atom. The number of rotatable bonds is 7. The molecule has 0 aliphatic heterocycles. The summed E-state index contributed by atoms with van der Waals surface area (Å²) in [6.45, 7) is 3.57. The molecule has 1 atom stereocenters. The number of nitrogens with one attached hydrogen (secondary N) is 1. The molecular formula is C20H22FNO3. The van der Waals surface area contributed by atoms with E-state index in [1.165, 1.54) is 12.1 Å². The molecule has 2 aromatic carbocycles. The van der Waals surface area contributed by atoms with Gasteiger partial charge >= 0.3 is 0 Å². The second kappa shape index (κ2) is 8.87. The van der Waals surface area contributed by atoms with Crippen molar-refractivity contribution < 1.29 is 18.7 Å². The van der Waals surface area contributed by atoms with Gasteiger partial charge in [0.25, 0.3) is 5.91 Å². The van der Waals surface area contributed by atoms with Gasteiger partial charge in [0.05, 0.1) is 13.2 Å². The smallest absolute Gasteiger partial charge is 0.258 e. The number of carbonyl (C=O) groups is 1. The molecule has 4 nitrogen and oxygen atoms in total. The monoisotopic (exact) mass is 343 g/mol. The molecule has 0 aromatic heterocycles. The number of hydrogen-bond donors (Lipinski definition) is 1. The zero-order chi connectivity index (χ0) is 18.2. The van der Waals surface area contributed by atoms with E-state index in [1.54, 1.807) is 32.2 Å². The maximum absolute atomic E-state index is 13.2. The molecule has 0 fully saturated rings. The van der Waals surface area contributed by atoms with E-state index in [4.69, 9.17) is 9.47 Å². The Hall–Kier alpha value is -2.82. The van der Waals surface area contributed by atoms with Crippen LogP contribution < -0.4 is 14.8 Å². The number of methoxy groups -OCH3 is 1. The van der Waals surface area contributed by atoms with Crippen LogP contribution >= 0.6 is 0 Å². The topological polar surface area (TPSA) is 47.6 Å². The minimum Gasteiger partial charge on any atom is -0.493 e. The van der Waals surface area contributed by atoms with Gasteiger partial charge in [-0.05, 0) is 49.2 Å². The molecule has 0 bridgehead atoms. The predicted molar refractivity (Wildman–Crippen MR) is 96.2 cm³/mol. The SMILES string of the molecule is CC=Cc1ccc(OCC(=O)NC(C)c2cccc(F)c2)c(OC)c1. The van der Waals surface area contributed by atoms with Gasteiger partial charge in [-0.15, -0.1) is 0 Å². The second-order valence-corrected chi connectivity index (χ2v) is 5.54. The fourth-order valence-electron chi connectivity index (χ4n) is 2.39. The number of amides is 1. The van der Waals surface area contributed by atoms with E-state index < -0.39 is 0 Å². The molecule has 1 unspecified atom stereocenters. The van der Waals surface area contributed by atoms with Crippen LogP contribution in [0.4, 0.5) is 4.39 Å². The van der Waals surface area contributed by atoms with Crippen molar-refractivity contribution >= 4 is 12.0 Å². The highest BCUT2D eigenvalue weighted by atomic mass is 19.1. The summed E-state index contributed by atoms with van der Waals surface area (Å²) in [6.07, 6.45) is 3.87. The van der Waals surface area contributed by atoms with Gasteiger partial charge < -0.3 is 14.8 Å². The first-order valence-corrected chi connectivity index (χ1v) is 8.02. The van der Waals surface area contributed by atoms with Gasteiger partial charge in [0, 0.05) is 0 Å². The van der Waals surface area contributed by atoms with Gasteiger partial charge in [-0.1, -0.05) is 30.4 Å². The third-order valence-electron chi connectivity index (χ3n) is 3.63. The van der Waals surface area contributed by atoms with E-state index in [-0.39, 0.29) is 24.4 Å². The molecule has 0 aliphatic rings. The average Bonchev–Trinajstić information content (AvgIpc) is 2.60. The largest absolute Gasteiger partial charge is 0.493 e. The molecule has 2 rings (SSSR count). The summed E-state index contributed by atoms with van der Waals surface area (Å²) in [5, 5.41) is 2.78. The number of allylic oxidation sites excluding steroid dienone is 1. The van der Waals surface area contributed by atoms with Crippen LogP contribution in [-0.2, 0) is 4.79 Å². The van der Waals surface area contributed by atoms with Crippen molar-refractivity contribution in [2.45, 2.75) is 19.9 Å². The molecule has 1 N–H and O–H groups in total. The molecule has 0 aliphatic carbocycles. The van der Waals surface area contributed by atoms with Gasteiger partial charge in [-0.25, -0.2) is 4.39 Å². The minimum absolute atomic E-state index is 0.154. The normalized spacial score (nSPS) is 12.0. The van der Waals surface area contributed by atoms with Crippen LogP contribution in [0.3, 0.4) is 0 Å². The Kier molecular flexibility index (Phi) is 6.57. The maximum atomic E-state index is 13.2. The minimum atomic E-state index is -0.333. The molecular weight excluding hydrogens is 321 g/mol. The molecule has 1 amide bonds. The lowest BCUT2D eigenvalue weighted by molar-refractivity contribution is -0.123. The van der Waals surface area contributed by atoms with Crippen LogP contribution in [0.25, 0.3) is 6.08 Å². The Morgan fingerprint density at radius 3 is 2.72 bits per heavy atom. The molecule has 0 heterocycles. The van der Waals surface area contributed by atoms with Crippen LogP contribution in [0, 0.1) is 5.82 Å². The lowest BCUT2D eigenvalue weighted by Crippen LogP contribution is -2.31. The van der Waals surface area contributed by atoms with Crippen molar-refractivity contribution in [3.05, 3.63) is 65.5 Å². The molecule has 0 saturated carbocycles. The Labute approximate surface area is 147 Å². The highest BCUT2D eigenvalue weighted by Gasteiger charge is 2.12. The Balaban J connectivity index is 1.95. The zero-order valence-corrected chi connectivity index (χ0v) is 14.6. The molecule has 132 valence electrons. The third-order valence-corrected chi connectivity index (χ3v) is 3.63. The molecule has 5 heteroatoms. The van der Waals surface area contributed by atoms with Crippen molar-refractivity contribution in [3.8, 4) is 11.5 Å². The van der Waals surface area contributed by atoms with Crippen molar-refractivity contribution in [2.75, 3.05) is 13.7 Å². The second-order valence-electron chi connectivity index (χ2n) is 5.54. The number of hydrogen-bond acceptors (Lipinski definition) is 3. The first-order valence-electron chi connectivity index (χ1n) is 8.02. The predicted octanol–water partition coefficient (Wildman–Crippen LogP) is 4.12. The Morgan fingerprint density at radius 1 is 1.24 bits per heavy atom. The lowest BCUT2D eigenvalue weighted by Gasteiger charge is -2.15. The summed E-state index contributed by atoms with van der Waals surface area (Å²) < 4.78 is 24.1. The zero-order valence-electron chi connectivity index (χ0n) is 14.6. The fourth-order valence-corrected chi connectivity index (χ4v) is 2.39. The van der Waals surface area contributed by atoms with E-state index >= 15 is 0 Å². The first-order chi connectivity index (χ1) is 12.0. The van der Waals surface area contributed by atoms with Gasteiger partial charge in [0.15, 0.2) is 18.1 Å². The van der Waals surface area contributed by atoms with Crippen LogP contribution in [0.5, 0.6) is 11.5 Å². The average molecular weight is 343 g/mol. The van der Waals surface area contributed by atoms with Gasteiger partial charge in [-0.3, -0.25) is 4.79 Å². The number of ether oxygens (including phenoxy) is 2. The highest BCUT2D eigenvalue weighted by Crippen LogP contribution is 2.28. The van der Waals surface area contributed by atoms with Crippen LogP contribution in [0.2, 0.25) is 0 Å². The summed E-state index contributed by atoms with van der Waals surface area (Å²) in [7, 11) is 1.55. The molecule has 0 spiro atoms. The van der Waals surface area contributed by atoms with Gasteiger partial charge in [0.2, 0.25) is 0 Å². The van der Waals surface area contributed by atoms with Gasteiger partial charge in [-0.2, -0.15) is 0 Å². The quantitative estimate of drug-likeness (QED) is 0.822. The lowest BCUT2D eigenvalue weighted by atomic mass is 10.1. The summed E-state index contributed by atoms with van der Waals surface area (Å²) in [5.41, 5.74) is 1.68. The first kappa shape index (κ1) is 18.5. The maximum Gasteiger partial charge on any atom is 0.258 e. The van der Waals surface area contributed by atoms with E-state index in [0.717, 1.165) is 5.56 Å². The standard InChI is InChI=1S/C20H22FNO3/c1-4-6-15-9-10-18(19(11-15)24-3)25-13-20(23)22-14(2)16-7-5-8-17(21)12-16/h4-12,14H,13H2,1-3H3,(H,22,23).